The first-order valence-corrected chi connectivity index (χ1v) is 8.47. The van der Waals surface area contributed by atoms with Crippen molar-refractivity contribution in [2.45, 2.75) is 52.6 Å². The van der Waals surface area contributed by atoms with Crippen LogP contribution in [-0.2, 0) is 6.54 Å². The van der Waals surface area contributed by atoms with Gasteiger partial charge in [0.25, 0.3) is 0 Å². The lowest BCUT2D eigenvalue weighted by molar-refractivity contribution is 0.624. The molecule has 1 unspecified atom stereocenters. The summed E-state index contributed by atoms with van der Waals surface area (Å²) in [4.78, 5) is 11.5. The van der Waals surface area contributed by atoms with Gasteiger partial charge in [-0.15, -0.1) is 0 Å². The summed E-state index contributed by atoms with van der Waals surface area (Å²) in [6.07, 6.45) is 5.52. The largest absolute Gasteiger partial charge is 0.357 e. The summed E-state index contributed by atoms with van der Waals surface area (Å²) >= 11 is 0. The van der Waals surface area contributed by atoms with Gasteiger partial charge >= 0.3 is 0 Å². The van der Waals surface area contributed by atoms with E-state index in [-0.39, 0.29) is 0 Å². The Morgan fingerprint density at radius 3 is 2.82 bits per heavy atom. The van der Waals surface area contributed by atoms with Gasteiger partial charge in [0, 0.05) is 31.9 Å². The summed E-state index contributed by atoms with van der Waals surface area (Å²) in [5, 5.41) is 6.72. The first kappa shape index (κ1) is 16.6. The second-order valence-corrected chi connectivity index (χ2v) is 5.87. The normalized spacial score (nSPS) is 16.7. The van der Waals surface area contributed by atoms with E-state index >= 15 is 0 Å². The fourth-order valence-electron chi connectivity index (χ4n) is 2.50. The average molecular weight is 303 g/mol. The van der Waals surface area contributed by atoms with Crippen molar-refractivity contribution in [2.75, 3.05) is 24.5 Å². The molecule has 0 bridgehead atoms. The van der Waals surface area contributed by atoms with E-state index in [1.807, 2.05) is 6.20 Å². The topological polar surface area (TPSA) is 52.6 Å². The Bertz CT molecular complexity index is 480. The van der Waals surface area contributed by atoms with Crippen molar-refractivity contribution < 1.29 is 0 Å². The van der Waals surface area contributed by atoms with Crippen LogP contribution in [0.4, 0.5) is 5.82 Å². The predicted molar refractivity (Wildman–Crippen MR) is 93.4 cm³/mol. The summed E-state index contributed by atoms with van der Waals surface area (Å²) in [6.45, 7) is 10.2. The summed E-state index contributed by atoms with van der Waals surface area (Å²) in [6, 6.07) is 4.65. The van der Waals surface area contributed by atoms with Crippen molar-refractivity contribution in [3.63, 3.8) is 0 Å². The minimum absolute atomic E-state index is 0.426. The Labute approximate surface area is 134 Å². The second kappa shape index (κ2) is 8.61. The standard InChI is InChI=1S/C17H29N5/c1-4-14(3)21-17(18-5-2)20-13-15-8-9-19-16(12-15)22-10-6-7-11-22/h8-9,12,14H,4-7,10-11,13H2,1-3H3,(H2,18,20,21). The smallest absolute Gasteiger partial charge is 0.191 e. The van der Waals surface area contributed by atoms with Crippen LogP contribution in [0, 0.1) is 0 Å². The van der Waals surface area contributed by atoms with E-state index in [1.54, 1.807) is 0 Å². The highest BCUT2D eigenvalue weighted by molar-refractivity contribution is 5.80. The Hall–Kier alpha value is -1.78. The van der Waals surface area contributed by atoms with Gasteiger partial charge < -0.3 is 15.5 Å². The molecule has 0 amide bonds. The Kier molecular flexibility index (Phi) is 6.49. The molecule has 0 radical (unpaired) electrons. The van der Waals surface area contributed by atoms with Crippen molar-refractivity contribution in [1.29, 1.82) is 0 Å². The van der Waals surface area contributed by atoms with Crippen LogP contribution in [-0.4, -0.2) is 36.6 Å². The molecule has 0 aliphatic carbocycles. The average Bonchev–Trinajstić information content (AvgIpc) is 3.07. The third-order valence-electron chi connectivity index (χ3n) is 4.00. The number of aromatic nitrogens is 1. The molecule has 5 nitrogen and oxygen atoms in total. The number of guanidine groups is 1. The number of hydrogen-bond acceptors (Lipinski definition) is 3. The van der Waals surface area contributed by atoms with Gasteiger partial charge in [-0.25, -0.2) is 9.98 Å². The number of anilines is 1. The monoisotopic (exact) mass is 303 g/mol. The maximum Gasteiger partial charge on any atom is 0.191 e. The lowest BCUT2D eigenvalue weighted by atomic mass is 10.2. The fraction of sp³-hybridized carbons (Fsp3) is 0.647. The molecule has 2 N–H and O–H groups in total. The first-order valence-electron chi connectivity index (χ1n) is 8.47. The molecular formula is C17H29N5. The summed E-state index contributed by atoms with van der Waals surface area (Å²) in [7, 11) is 0. The molecule has 1 aliphatic rings. The van der Waals surface area contributed by atoms with Crippen LogP contribution in [0.1, 0.15) is 45.6 Å². The molecule has 1 atom stereocenters. The Balaban J connectivity index is 2.01. The van der Waals surface area contributed by atoms with Crippen molar-refractivity contribution in [3.05, 3.63) is 23.9 Å². The van der Waals surface area contributed by atoms with E-state index in [0.29, 0.717) is 12.6 Å². The van der Waals surface area contributed by atoms with E-state index in [0.717, 1.165) is 37.8 Å². The van der Waals surface area contributed by atoms with Crippen molar-refractivity contribution >= 4 is 11.8 Å². The van der Waals surface area contributed by atoms with E-state index in [9.17, 15) is 0 Å². The highest BCUT2D eigenvalue weighted by Crippen LogP contribution is 2.18. The lowest BCUT2D eigenvalue weighted by Gasteiger charge is -2.17. The minimum Gasteiger partial charge on any atom is -0.357 e. The molecule has 1 saturated heterocycles. The van der Waals surface area contributed by atoms with Crippen LogP contribution in [0.15, 0.2) is 23.3 Å². The molecule has 0 spiro atoms. The van der Waals surface area contributed by atoms with Gasteiger partial charge in [0.2, 0.25) is 0 Å². The zero-order valence-electron chi connectivity index (χ0n) is 14.1. The van der Waals surface area contributed by atoms with Crippen LogP contribution in [0.25, 0.3) is 0 Å². The zero-order valence-corrected chi connectivity index (χ0v) is 14.1. The van der Waals surface area contributed by atoms with Crippen LogP contribution in [0.3, 0.4) is 0 Å². The third-order valence-corrected chi connectivity index (χ3v) is 4.00. The number of hydrogen-bond donors (Lipinski definition) is 2. The van der Waals surface area contributed by atoms with Crippen molar-refractivity contribution in [2.24, 2.45) is 4.99 Å². The van der Waals surface area contributed by atoms with E-state index in [2.05, 4.69) is 58.4 Å². The lowest BCUT2D eigenvalue weighted by Crippen LogP contribution is -2.41. The zero-order chi connectivity index (χ0) is 15.8. The molecule has 0 saturated carbocycles. The second-order valence-electron chi connectivity index (χ2n) is 5.87. The molecular weight excluding hydrogens is 274 g/mol. The van der Waals surface area contributed by atoms with Crippen LogP contribution in [0.2, 0.25) is 0 Å². The SMILES string of the molecule is CCNC(=NCc1ccnc(N2CCCC2)c1)NC(C)CC. The summed E-state index contributed by atoms with van der Waals surface area (Å²) in [5.74, 6) is 1.97. The number of nitrogens with one attached hydrogen (secondary N) is 2. The molecule has 5 heteroatoms. The van der Waals surface area contributed by atoms with Gasteiger partial charge in [-0.05, 0) is 50.8 Å². The Morgan fingerprint density at radius 2 is 2.14 bits per heavy atom. The van der Waals surface area contributed by atoms with Gasteiger partial charge in [0.15, 0.2) is 5.96 Å². The van der Waals surface area contributed by atoms with Crippen LogP contribution < -0.4 is 15.5 Å². The number of pyridine rings is 1. The maximum atomic E-state index is 4.69. The van der Waals surface area contributed by atoms with Crippen molar-refractivity contribution in [3.8, 4) is 0 Å². The van der Waals surface area contributed by atoms with Crippen molar-refractivity contribution in [1.82, 2.24) is 15.6 Å². The summed E-state index contributed by atoms with van der Waals surface area (Å²) < 4.78 is 0. The summed E-state index contributed by atoms with van der Waals surface area (Å²) in [5.41, 5.74) is 1.21. The van der Waals surface area contributed by atoms with Gasteiger partial charge in [0.1, 0.15) is 5.82 Å². The predicted octanol–water partition coefficient (Wildman–Crippen LogP) is 2.54. The number of rotatable bonds is 6. The van der Waals surface area contributed by atoms with Crippen LogP contribution in [0.5, 0.6) is 0 Å². The van der Waals surface area contributed by atoms with Gasteiger partial charge in [-0.2, -0.15) is 0 Å². The van der Waals surface area contributed by atoms with E-state index in [4.69, 9.17) is 0 Å². The maximum absolute atomic E-state index is 4.69. The van der Waals surface area contributed by atoms with Gasteiger partial charge in [0.05, 0.1) is 6.54 Å². The molecule has 0 aromatic carbocycles. The molecule has 1 fully saturated rings. The third kappa shape index (κ3) is 4.90. The number of nitrogens with zero attached hydrogens (tertiary/aromatic N) is 3. The van der Waals surface area contributed by atoms with E-state index in [1.165, 1.54) is 18.4 Å². The highest BCUT2D eigenvalue weighted by atomic mass is 15.2. The number of aliphatic imine (C=N–C) groups is 1. The molecule has 2 rings (SSSR count). The minimum atomic E-state index is 0.426. The molecule has 122 valence electrons. The molecule has 2 heterocycles. The first-order chi connectivity index (χ1) is 10.7. The van der Waals surface area contributed by atoms with E-state index < -0.39 is 0 Å². The van der Waals surface area contributed by atoms with Crippen LogP contribution >= 0.6 is 0 Å². The molecule has 1 aromatic rings. The van der Waals surface area contributed by atoms with Gasteiger partial charge in [-0.3, -0.25) is 0 Å². The fourth-order valence-corrected chi connectivity index (χ4v) is 2.50. The highest BCUT2D eigenvalue weighted by Gasteiger charge is 2.13. The molecule has 22 heavy (non-hydrogen) atoms. The quantitative estimate of drug-likeness (QED) is 0.626. The van der Waals surface area contributed by atoms with Gasteiger partial charge in [-0.1, -0.05) is 6.92 Å². The molecule has 1 aromatic heterocycles. The molecule has 1 aliphatic heterocycles. The Morgan fingerprint density at radius 1 is 1.36 bits per heavy atom.